The van der Waals surface area contributed by atoms with Gasteiger partial charge in [-0.25, -0.2) is 9.59 Å². The van der Waals surface area contributed by atoms with Gasteiger partial charge in [0.25, 0.3) is 5.56 Å². The summed E-state index contributed by atoms with van der Waals surface area (Å²) in [6, 6.07) is 6.52. The summed E-state index contributed by atoms with van der Waals surface area (Å²) in [7, 11) is 3.05. The minimum Gasteiger partial charge on any atom is -0.478 e. The van der Waals surface area contributed by atoms with E-state index in [0.717, 1.165) is 36.3 Å². The van der Waals surface area contributed by atoms with Crippen LogP contribution in [0.2, 0.25) is 0 Å². The van der Waals surface area contributed by atoms with Crippen LogP contribution in [-0.2, 0) is 20.6 Å². The Morgan fingerprint density at radius 3 is 2.38 bits per heavy atom. The maximum absolute atomic E-state index is 12.9. The van der Waals surface area contributed by atoms with Crippen LogP contribution in [0.5, 0.6) is 0 Å². The minimum absolute atomic E-state index is 0.199. The summed E-state index contributed by atoms with van der Waals surface area (Å²) >= 11 is 0. The molecule has 0 aliphatic carbocycles. The maximum Gasteiger partial charge on any atom is 0.335 e. The second-order valence-corrected chi connectivity index (χ2v) is 7.12. The molecule has 3 aromatic rings. The Bertz CT molecular complexity index is 1200. The summed E-state index contributed by atoms with van der Waals surface area (Å²) in [6.45, 7) is 3.40. The van der Waals surface area contributed by atoms with Gasteiger partial charge in [-0.1, -0.05) is 12.1 Å². The standard InChI is InChI=1S/C19H22N6O4/c1-22-15-14(16(26)23(2)19(22)29)25(18(21-15)24-9-7-20-8-10-24)11-12-3-5-13(6-4-12)17(27)28/h3-6,20H,7-11H2,1-2H3,(H,27,28). The Labute approximate surface area is 165 Å². The first-order chi connectivity index (χ1) is 13.9. The third kappa shape index (κ3) is 3.21. The highest BCUT2D eigenvalue weighted by Gasteiger charge is 2.23. The van der Waals surface area contributed by atoms with Crippen molar-refractivity contribution in [3.8, 4) is 0 Å². The highest BCUT2D eigenvalue weighted by atomic mass is 16.4. The van der Waals surface area contributed by atoms with Crippen molar-refractivity contribution in [1.29, 1.82) is 0 Å². The molecule has 0 atom stereocenters. The molecule has 1 aliphatic heterocycles. The van der Waals surface area contributed by atoms with E-state index in [2.05, 4.69) is 15.2 Å². The van der Waals surface area contributed by atoms with E-state index >= 15 is 0 Å². The van der Waals surface area contributed by atoms with Crippen molar-refractivity contribution in [3.05, 3.63) is 56.2 Å². The number of nitrogens with zero attached hydrogens (tertiary/aromatic N) is 5. The maximum atomic E-state index is 12.9. The number of aryl methyl sites for hydroxylation is 1. The molecule has 0 unspecified atom stereocenters. The van der Waals surface area contributed by atoms with E-state index in [1.807, 2.05) is 4.57 Å². The van der Waals surface area contributed by atoms with E-state index < -0.39 is 17.2 Å². The molecular formula is C19H22N6O4. The lowest BCUT2D eigenvalue weighted by Crippen LogP contribution is -2.44. The molecule has 10 heteroatoms. The van der Waals surface area contributed by atoms with Crippen LogP contribution in [0.15, 0.2) is 33.9 Å². The Kier molecular flexibility index (Phi) is 4.71. The summed E-state index contributed by atoms with van der Waals surface area (Å²) in [6.07, 6.45) is 0. The molecule has 2 N–H and O–H groups in total. The second kappa shape index (κ2) is 7.21. The van der Waals surface area contributed by atoms with Gasteiger partial charge in [0.15, 0.2) is 11.2 Å². The van der Waals surface area contributed by atoms with Gasteiger partial charge in [-0.2, -0.15) is 4.98 Å². The number of carboxylic acids is 1. The molecule has 3 heterocycles. The number of aromatic carboxylic acids is 1. The number of piperazine rings is 1. The molecule has 1 aliphatic rings. The van der Waals surface area contributed by atoms with Crippen LogP contribution in [0.4, 0.5) is 5.95 Å². The van der Waals surface area contributed by atoms with Crippen LogP contribution in [0.25, 0.3) is 11.2 Å². The van der Waals surface area contributed by atoms with Crippen molar-refractivity contribution in [2.45, 2.75) is 6.54 Å². The lowest BCUT2D eigenvalue weighted by atomic mass is 10.1. The van der Waals surface area contributed by atoms with Crippen molar-refractivity contribution in [3.63, 3.8) is 0 Å². The molecule has 1 saturated heterocycles. The monoisotopic (exact) mass is 398 g/mol. The molecule has 152 valence electrons. The average molecular weight is 398 g/mol. The zero-order valence-corrected chi connectivity index (χ0v) is 16.3. The molecule has 1 fully saturated rings. The fraction of sp³-hybridized carbons (Fsp3) is 0.368. The van der Waals surface area contributed by atoms with Gasteiger partial charge in [-0.15, -0.1) is 0 Å². The van der Waals surface area contributed by atoms with Gasteiger partial charge >= 0.3 is 11.7 Å². The van der Waals surface area contributed by atoms with Crippen LogP contribution in [-0.4, -0.2) is 55.9 Å². The van der Waals surface area contributed by atoms with Gasteiger partial charge in [0.1, 0.15) is 0 Å². The molecule has 10 nitrogen and oxygen atoms in total. The molecule has 0 radical (unpaired) electrons. The minimum atomic E-state index is -0.991. The summed E-state index contributed by atoms with van der Waals surface area (Å²) in [5.74, 6) is -0.364. The lowest BCUT2D eigenvalue weighted by molar-refractivity contribution is 0.0697. The fourth-order valence-corrected chi connectivity index (χ4v) is 3.63. The highest BCUT2D eigenvalue weighted by molar-refractivity contribution is 5.87. The van der Waals surface area contributed by atoms with Crippen LogP contribution in [0.1, 0.15) is 15.9 Å². The van der Waals surface area contributed by atoms with Gasteiger partial charge in [-0.05, 0) is 17.7 Å². The van der Waals surface area contributed by atoms with E-state index in [1.165, 1.54) is 23.7 Å². The number of anilines is 1. The normalized spacial score (nSPS) is 14.5. The van der Waals surface area contributed by atoms with E-state index in [4.69, 9.17) is 5.11 Å². The average Bonchev–Trinajstić information content (AvgIpc) is 3.11. The van der Waals surface area contributed by atoms with Crippen LogP contribution < -0.4 is 21.5 Å². The van der Waals surface area contributed by atoms with Crippen LogP contribution >= 0.6 is 0 Å². The smallest absolute Gasteiger partial charge is 0.335 e. The number of nitrogens with one attached hydrogen (secondary N) is 1. The molecule has 0 saturated carbocycles. The van der Waals surface area contributed by atoms with Crippen molar-refractivity contribution in [1.82, 2.24) is 24.0 Å². The Morgan fingerprint density at radius 2 is 1.76 bits per heavy atom. The number of fused-ring (bicyclic) bond motifs is 1. The zero-order chi connectivity index (χ0) is 20.7. The molecule has 0 bridgehead atoms. The molecule has 4 rings (SSSR count). The quantitative estimate of drug-likeness (QED) is 0.614. The van der Waals surface area contributed by atoms with E-state index in [0.29, 0.717) is 23.7 Å². The fourth-order valence-electron chi connectivity index (χ4n) is 3.63. The second-order valence-electron chi connectivity index (χ2n) is 7.12. The van der Waals surface area contributed by atoms with E-state index in [1.54, 1.807) is 19.2 Å². The number of carboxylic acid groups (broad SMARTS) is 1. The Balaban J connectivity index is 1.90. The number of carbonyl (C=O) groups is 1. The number of benzene rings is 1. The van der Waals surface area contributed by atoms with Gasteiger partial charge in [0.2, 0.25) is 5.95 Å². The van der Waals surface area contributed by atoms with Gasteiger partial charge in [0.05, 0.1) is 12.1 Å². The number of hydrogen-bond acceptors (Lipinski definition) is 6. The van der Waals surface area contributed by atoms with E-state index in [9.17, 15) is 14.4 Å². The Morgan fingerprint density at radius 1 is 1.10 bits per heavy atom. The molecule has 1 aromatic carbocycles. The first-order valence-electron chi connectivity index (χ1n) is 9.32. The number of imidazole rings is 1. The lowest BCUT2D eigenvalue weighted by Gasteiger charge is -2.28. The number of aromatic nitrogens is 4. The van der Waals surface area contributed by atoms with Crippen molar-refractivity contribution < 1.29 is 9.90 Å². The van der Waals surface area contributed by atoms with Crippen molar-refractivity contribution in [2.24, 2.45) is 14.1 Å². The molecule has 0 amide bonds. The first kappa shape index (κ1) is 18.9. The zero-order valence-electron chi connectivity index (χ0n) is 16.3. The highest BCUT2D eigenvalue weighted by Crippen LogP contribution is 2.22. The SMILES string of the molecule is Cn1c(=O)c2c(nc(N3CCNCC3)n2Cc2ccc(C(=O)O)cc2)n(C)c1=O. The van der Waals surface area contributed by atoms with E-state index in [-0.39, 0.29) is 5.56 Å². The van der Waals surface area contributed by atoms with Gasteiger partial charge in [-0.3, -0.25) is 18.5 Å². The molecule has 2 aromatic heterocycles. The largest absolute Gasteiger partial charge is 0.478 e. The van der Waals surface area contributed by atoms with Crippen molar-refractivity contribution >= 4 is 23.1 Å². The third-order valence-electron chi connectivity index (χ3n) is 5.27. The molecule has 0 spiro atoms. The summed E-state index contributed by atoms with van der Waals surface area (Å²) in [5.41, 5.74) is 0.898. The molecular weight excluding hydrogens is 376 g/mol. The van der Waals surface area contributed by atoms with Crippen molar-refractivity contribution in [2.75, 3.05) is 31.1 Å². The number of hydrogen-bond donors (Lipinski definition) is 2. The summed E-state index contributed by atoms with van der Waals surface area (Å²) in [4.78, 5) is 43.1. The van der Waals surface area contributed by atoms with Crippen LogP contribution in [0, 0.1) is 0 Å². The topological polar surface area (TPSA) is 114 Å². The number of rotatable bonds is 4. The molecule has 29 heavy (non-hydrogen) atoms. The predicted octanol–water partition coefficient (Wildman–Crippen LogP) is -0.410. The summed E-state index contributed by atoms with van der Waals surface area (Å²) in [5, 5.41) is 12.4. The van der Waals surface area contributed by atoms with Gasteiger partial charge < -0.3 is 15.3 Å². The third-order valence-corrected chi connectivity index (χ3v) is 5.27. The summed E-state index contributed by atoms with van der Waals surface area (Å²) < 4.78 is 4.28. The van der Waals surface area contributed by atoms with Gasteiger partial charge in [0, 0.05) is 40.3 Å². The van der Waals surface area contributed by atoms with Crippen LogP contribution in [0.3, 0.4) is 0 Å². The predicted molar refractivity (Wildman–Crippen MR) is 108 cm³/mol. The first-order valence-corrected chi connectivity index (χ1v) is 9.32. The Hall–Kier alpha value is -3.40.